The van der Waals surface area contributed by atoms with Crippen LogP contribution in [0, 0.1) is 0 Å². The number of rotatable bonds is 3. The van der Waals surface area contributed by atoms with Crippen LogP contribution in [-0.2, 0) is 4.74 Å². The number of benzene rings is 1. The lowest BCUT2D eigenvalue weighted by molar-refractivity contribution is 0.0157. The van der Waals surface area contributed by atoms with Crippen LogP contribution in [0.15, 0.2) is 49.1 Å². The number of carbonyl (C=O) groups excluding carboxylic acids is 1. The highest BCUT2D eigenvalue weighted by Crippen LogP contribution is 2.10. The summed E-state index contributed by atoms with van der Waals surface area (Å²) in [5, 5.41) is 0. The number of ether oxygens (including phenoxy) is 1. The number of carbonyl (C=O) groups is 1. The molecular formula is C12H12N2O2. The predicted molar refractivity (Wildman–Crippen MR) is 58.8 cm³/mol. The van der Waals surface area contributed by atoms with Gasteiger partial charge in [-0.1, -0.05) is 18.2 Å². The van der Waals surface area contributed by atoms with Crippen molar-refractivity contribution in [2.24, 2.45) is 0 Å². The van der Waals surface area contributed by atoms with E-state index in [2.05, 4.69) is 4.98 Å². The van der Waals surface area contributed by atoms with Gasteiger partial charge in [-0.15, -0.1) is 0 Å². The Morgan fingerprint density at radius 1 is 1.38 bits per heavy atom. The number of nitrogens with zero attached hydrogens (tertiary/aromatic N) is 2. The maximum atomic E-state index is 11.7. The van der Waals surface area contributed by atoms with E-state index >= 15 is 0 Å². The molecule has 0 N–H and O–H groups in total. The van der Waals surface area contributed by atoms with Gasteiger partial charge in [-0.05, 0) is 19.1 Å². The van der Waals surface area contributed by atoms with E-state index in [1.54, 1.807) is 54.5 Å². The lowest BCUT2D eigenvalue weighted by Gasteiger charge is -2.13. The maximum Gasteiger partial charge on any atom is 0.340 e. The second-order valence-electron chi connectivity index (χ2n) is 3.38. The lowest BCUT2D eigenvalue weighted by atomic mass is 10.2. The van der Waals surface area contributed by atoms with Crippen LogP contribution in [0.2, 0.25) is 0 Å². The largest absolute Gasteiger partial charge is 0.438 e. The quantitative estimate of drug-likeness (QED) is 0.739. The SMILES string of the molecule is CC(OC(=O)c1ccccc1)n1ccnc1. The second kappa shape index (κ2) is 4.61. The molecule has 0 aliphatic rings. The monoisotopic (exact) mass is 216 g/mol. The Morgan fingerprint density at radius 2 is 2.12 bits per heavy atom. The Balaban J connectivity index is 2.03. The summed E-state index contributed by atoms with van der Waals surface area (Å²) >= 11 is 0. The molecule has 82 valence electrons. The van der Waals surface area contributed by atoms with Gasteiger partial charge in [0.15, 0.2) is 6.23 Å². The summed E-state index contributed by atoms with van der Waals surface area (Å²) in [5.41, 5.74) is 0.550. The van der Waals surface area contributed by atoms with Gasteiger partial charge in [-0.2, -0.15) is 0 Å². The third-order valence-electron chi connectivity index (χ3n) is 2.23. The molecule has 1 atom stereocenters. The molecule has 1 aromatic heterocycles. The van der Waals surface area contributed by atoms with Crippen LogP contribution in [0.3, 0.4) is 0 Å². The van der Waals surface area contributed by atoms with E-state index in [9.17, 15) is 4.79 Å². The van der Waals surface area contributed by atoms with E-state index in [0.29, 0.717) is 5.56 Å². The smallest absolute Gasteiger partial charge is 0.340 e. The molecule has 1 unspecified atom stereocenters. The van der Waals surface area contributed by atoms with Gasteiger partial charge in [-0.25, -0.2) is 9.78 Å². The topological polar surface area (TPSA) is 44.1 Å². The maximum absolute atomic E-state index is 11.7. The van der Waals surface area contributed by atoms with Crippen molar-refractivity contribution in [2.75, 3.05) is 0 Å². The third-order valence-corrected chi connectivity index (χ3v) is 2.23. The predicted octanol–water partition coefficient (Wildman–Crippen LogP) is 2.26. The third kappa shape index (κ3) is 2.28. The highest BCUT2D eigenvalue weighted by atomic mass is 16.6. The first kappa shape index (κ1) is 10.4. The molecule has 1 heterocycles. The van der Waals surface area contributed by atoms with Gasteiger partial charge in [0, 0.05) is 12.4 Å². The molecule has 0 aliphatic heterocycles. The minimum Gasteiger partial charge on any atom is -0.438 e. The van der Waals surface area contributed by atoms with Crippen LogP contribution in [0.4, 0.5) is 0 Å². The van der Waals surface area contributed by atoms with Gasteiger partial charge < -0.3 is 9.30 Å². The van der Waals surface area contributed by atoms with E-state index < -0.39 is 0 Å². The fourth-order valence-electron chi connectivity index (χ4n) is 1.34. The Hall–Kier alpha value is -2.10. The molecule has 4 heteroatoms. The van der Waals surface area contributed by atoms with E-state index in [4.69, 9.17) is 4.74 Å². The van der Waals surface area contributed by atoms with Crippen LogP contribution >= 0.6 is 0 Å². The molecule has 0 radical (unpaired) electrons. The van der Waals surface area contributed by atoms with Crippen molar-refractivity contribution < 1.29 is 9.53 Å². The molecule has 2 rings (SSSR count). The molecule has 0 spiro atoms. The number of imidazole rings is 1. The Labute approximate surface area is 93.5 Å². The summed E-state index contributed by atoms with van der Waals surface area (Å²) < 4.78 is 6.99. The summed E-state index contributed by atoms with van der Waals surface area (Å²) in [7, 11) is 0. The lowest BCUT2D eigenvalue weighted by Crippen LogP contribution is -2.13. The summed E-state index contributed by atoms with van der Waals surface area (Å²) in [5.74, 6) is -0.332. The van der Waals surface area contributed by atoms with Crippen molar-refractivity contribution in [3.05, 3.63) is 54.6 Å². The Morgan fingerprint density at radius 3 is 2.75 bits per heavy atom. The van der Waals surface area contributed by atoms with Crippen molar-refractivity contribution in [2.45, 2.75) is 13.2 Å². The van der Waals surface area contributed by atoms with E-state index in [-0.39, 0.29) is 12.2 Å². The highest BCUT2D eigenvalue weighted by Gasteiger charge is 2.11. The molecule has 0 fully saturated rings. The highest BCUT2D eigenvalue weighted by molar-refractivity contribution is 5.89. The van der Waals surface area contributed by atoms with Crippen LogP contribution in [0.5, 0.6) is 0 Å². The molecule has 0 bridgehead atoms. The number of aromatic nitrogens is 2. The van der Waals surface area contributed by atoms with Gasteiger partial charge in [-0.3, -0.25) is 0 Å². The zero-order chi connectivity index (χ0) is 11.4. The summed E-state index contributed by atoms with van der Waals surface area (Å²) in [4.78, 5) is 15.6. The van der Waals surface area contributed by atoms with Gasteiger partial charge in [0.25, 0.3) is 0 Å². The van der Waals surface area contributed by atoms with Crippen LogP contribution in [0.25, 0.3) is 0 Å². The van der Waals surface area contributed by atoms with E-state index in [1.165, 1.54) is 0 Å². The van der Waals surface area contributed by atoms with Crippen LogP contribution in [-0.4, -0.2) is 15.5 Å². The fourth-order valence-corrected chi connectivity index (χ4v) is 1.34. The Bertz CT molecular complexity index is 451. The zero-order valence-electron chi connectivity index (χ0n) is 8.91. The van der Waals surface area contributed by atoms with E-state index in [1.807, 2.05) is 6.07 Å². The van der Waals surface area contributed by atoms with Crippen molar-refractivity contribution in [1.82, 2.24) is 9.55 Å². The minimum atomic E-state index is -0.352. The summed E-state index contributed by atoms with van der Waals surface area (Å²) in [6, 6.07) is 8.92. The minimum absolute atomic E-state index is 0.332. The fraction of sp³-hybridized carbons (Fsp3) is 0.167. The van der Waals surface area contributed by atoms with Crippen molar-refractivity contribution >= 4 is 5.97 Å². The van der Waals surface area contributed by atoms with Gasteiger partial charge in [0.1, 0.15) is 0 Å². The first-order valence-corrected chi connectivity index (χ1v) is 5.01. The van der Waals surface area contributed by atoms with Crippen LogP contribution < -0.4 is 0 Å². The number of hydrogen-bond acceptors (Lipinski definition) is 3. The molecule has 0 saturated carbocycles. The molecule has 1 aromatic carbocycles. The van der Waals surface area contributed by atoms with Gasteiger partial charge >= 0.3 is 5.97 Å². The average molecular weight is 216 g/mol. The first-order valence-electron chi connectivity index (χ1n) is 5.01. The van der Waals surface area contributed by atoms with Crippen molar-refractivity contribution in [3.63, 3.8) is 0 Å². The molecule has 16 heavy (non-hydrogen) atoms. The van der Waals surface area contributed by atoms with Gasteiger partial charge in [0.2, 0.25) is 0 Å². The molecule has 2 aromatic rings. The van der Waals surface area contributed by atoms with E-state index in [0.717, 1.165) is 0 Å². The molecular weight excluding hydrogens is 204 g/mol. The zero-order valence-corrected chi connectivity index (χ0v) is 8.91. The molecule has 4 nitrogen and oxygen atoms in total. The van der Waals surface area contributed by atoms with Gasteiger partial charge in [0.05, 0.1) is 11.9 Å². The number of hydrogen-bond donors (Lipinski definition) is 0. The van der Waals surface area contributed by atoms with Crippen LogP contribution in [0.1, 0.15) is 23.5 Å². The second-order valence-corrected chi connectivity index (χ2v) is 3.38. The molecule has 0 saturated heterocycles. The number of esters is 1. The Kier molecular flexibility index (Phi) is 3.00. The normalized spacial score (nSPS) is 12.1. The summed E-state index contributed by atoms with van der Waals surface area (Å²) in [6.07, 6.45) is 4.66. The molecule has 0 aliphatic carbocycles. The summed E-state index contributed by atoms with van der Waals surface area (Å²) in [6.45, 7) is 1.79. The first-order chi connectivity index (χ1) is 7.77. The average Bonchev–Trinajstić information content (AvgIpc) is 2.83. The molecule has 0 amide bonds. The van der Waals surface area contributed by atoms with Crippen molar-refractivity contribution in [3.8, 4) is 0 Å². The van der Waals surface area contributed by atoms with Crippen molar-refractivity contribution in [1.29, 1.82) is 0 Å². The standard InChI is InChI=1S/C12H12N2O2/c1-10(14-8-7-13-9-14)16-12(15)11-5-3-2-4-6-11/h2-10H,1H3.